The van der Waals surface area contributed by atoms with Crippen LogP contribution in [0.1, 0.15) is 57.8 Å². The predicted molar refractivity (Wildman–Crippen MR) is 94.9 cm³/mol. The third kappa shape index (κ3) is 7.70. The van der Waals surface area contributed by atoms with Crippen LogP contribution in [0.15, 0.2) is 12.7 Å². The molecule has 4 nitrogen and oxygen atoms in total. The Hall–Kier alpha value is -1.01. The van der Waals surface area contributed by atoms with Crippen molar-refractivity contribution in [2.24, 2.45) is 17.8 Å². The second-order valence-corrected chi connectivity index (χ2v) is 7.55. The van der Waals surface area contributed by atoms with Gasteiger partial charge >= 0.3 is 12.4 Å². The van der Waals surface area contributed by atoms with Crippen molar-refractivity contribution in [1.29, 1.82) is 0 Å². The smallest absolute Gasteiger partial charge is 0.373 e. The lowest BCUT2D eigenvalue weighted by Gasteiger charge is -2.32. The van der Waals surface area contributed by atoms with Crippen LogP contribution >= 0.6 is 0 Å². The minimum atomic E-state index is -3.02. The average molecular weight is 374 g/mol. The summed E-state index contributed by atoms with van der Waals surface area (Å²) < 4.78 is 40.3. The fraction of sp³-hybridized carbons (Fsp3) is 0.850. The van der Waals surface area contributed by atoms with Gasteiger partial charge in [0.1, 0.15) is 0 Å². The summed E-state index contributed by atoms with van der Waals surface area (Å²) in [6.07, 6.45) is 8.10. The van der Waals surface area contributed by atoms with Crippen molar-refractivity contribution >= 4 is 5.97 Å². The van der Waals surface area contributed by atoms with Gasteiger partial charge in [0.2, 0.25) is 0 Å². The number of hydrogen-bond donors (Lipinski definition) is 0. The third-order valence-electron chi connectivity index (χ3n) is 5.54. The lowest BCUT2D eigenvalue weighted by atomic mass is 9.79. The van der Waals surface area contributed by atoms with Gasteiger partial charge in [-0.2, -0.15) is 8.78 Å². The van der Waals surface area contributed by atoms with E-state index in [9.17, 15) is 13.6 Å². The molecule has 0 unspecified atom stereocenters. The molecule has 0 N–H and O–H groups in total. The van der Waals surface area contributed by atoms with Crippen molar-refractivity contribution in [3.63, 3.8) is 0 Å². The minimum absolute atomic E-state index is 0.0681. The molecule has 0 aromatic heterocycles. The maximum atomic E-state index is 12.1. The normalized spacial score (nSPS) is 29.5. The quantitative estimate of drug-likeness (QED) is 0.410. The zero-order chi connectivity index (χ0) is 18.8. The monoisotopic (exact) mass is 374 g/mol. The number of halogens is 2. The van der Waals surface area contributed by atoms with Crippen LogP contribution in [0.2, 0.25) is 0 Å². The van der Waals surface area contributed by atoms with Gasteiger partial charge in [0, 0.05) is 5.92 Å². The first-order valence-electron chi connectivity index (χ1n) is 9.87. The molecular formula is C20H32F2O4. The first-order chi connectivity index (χ1) is 12.6. The van der Waals surface area contributed by atoms with Crippen LogP contribution in [0, 0.1) is 17.8 Å². The van der Waals surface area contributed by atoms with Gasteiger partial charge in [0.15, 0.2) is 6.29 Å². The maximum Gasteiger partial charge on any atom is 0.373 e. The van der Waals surface area contributed by atoms with Gasteiger partial charge in [-0.3, -0.25) is 0 Å². The van der Waals surface area contributed by atoms with Gasteiger partial charge in [-0.05, 0) is 43.9 Å². The summed E-state index contributed by atoms with van der Waals surface area (Å²) in [5.74, 6) is 0.238. The number of carbonyl (C=O) groups excluding carboxylic acids is 1. The molecule has 26 heavy (non-hydrogen) atoms. The summed E-state index contributed by atoms with van der Waals surface area (Å²) in [6, 6.07) is 0. The van der Waals surface area contributed by atoms with Gasteiger partial charge in [0.05, 0.1) is 19.8 Å². The van der Waals surface area contributed by atoms with E-state index in [0.29, 0.717) is 24.2 Å². The van der Waals surface area contributed by atoms with Crippen molar-refractivity contribution < 1.29 is 27.8 Å². The summed E-state index contributed by atoms with van der Waals surface area (Å²) in [4.78, 5) is 10.7. The summed E-state index contributed by atoms with van der Waals surface area (Å²) >= 11 is 0. The molecule has 2 aliphatic rings. The third-order valence-corrected chi connectivity index (χ3v) is 5.54. The van der Waals surface area contributed by atoms with E-state index in [1.54, 1.807) is 0 Å². The molecule has 2 rings (SSSR count). The highest BCUT2D eigenvalue weighted by atomic mass is 19.3. The number of hydrogen-bond acceptors (Lipinski definition) is 4. The van der Waals surface area contributed by atoms with Gasteiger partial charge < -0.3 is 14.2 Å². The lowest BCUT2D eigenvalue weighted by Crippen LogP contribution is -2.32. The molecule has 150 valence electrons. The molecule has 1 saturated carbocycles. The van der Waals surface area contributed by atoms with Gasteiger partial charge in [0.25, 0.3) is 0 Å². The van der Waals surface area contributed by atoms with Crippen LogP contribution in [0.25, 0.3) is 0 Å². The van der Waals surface area contributed by atoms with Crippen molar-refractivity contribution in [2.75, 3.05) is 19.8 Å². The summed E-state index contributed by atoms with van der Waals surface area (Å²) in [5.41, 5.74) is 0. The van der Waals surface area contributed by atoms with Crippen LogP contribution in [0.3, 0.4) is 0 Å². The minimum Gasteiger partial charge on any atom is -0.461 e. The molecule has 0 aromatic carbocycles. The second kappa shape index (κ2) is 11.7. The zero-order valence-electron chi connectivity index (χ0n) is 15.5. The largest absolute Gasteiger partial charge is 0.461 e. The van der Waals surface area contributed by atoms with Crippen molar-refractivity contribution in [2.45, 2.75) is 70.5 Å². The molecule has 6 heteroatoms. The molecule has 1 heterocycles. The van der Waals surface area contributed by atoms with E-state index in [0.717, 1.165) is 64.6 Å². The van der Waals surface area contributed by atoms with Gasteiger partial charge in [-0.25, -0.2) is 4.79 Å². The topological polar surface area (TPSA) is 44.8 Å². The molecule has 2 fully saturated rings. The number of rotatable bonds is 10. The Morgan fingerprint density at radius 2 is 1.62 bits per heavy atom. The predicted octanol–water partition coefficient (Wildman–Crippen LogP) is 4.73. The number of allylic oxidation sites excluding steroid dienone is 1. The Balaban J connectivity index is 1.51. The molecule has 0 radical (unpaired) electrons. The molecular weight excluding hydrogens is 342 g/mol. The molecule has 1 aliphatic heterocycles. The van der Waals surface area contributed by atoms with E-state index in [-0.39, 0.29) is 12.9 Å². The van der Waals surface area contributed by atoms with Gasteiger partial charge in [-0.1, -0.05) is 31.8 Å². The summed E-state index contributed by atoms with van der Waals surface area (Å²) in [5, 5.41) is 0. The molecule has 1 aliphatic carbocycles. The molecule has 0 amide bonds. The first-order valence-corrected chi connectivity index (χ1v) is 9.87. The molecule has 0 atom stereocenters. The summed E-state index contributed by atoms with van der Waals surface area (Å²) in [7, 11) is 0. The fourth-order valence-electron chi connectivity index (χ4n) is 3.84. The molecule has 0 aromatic rings. The maximum absolute atomic E-state index is 12.1. The van der Waals surface area contributed by atoms with Crippen molar-refractivity contribution in [3.8, 4) is 0 Å². The first kappa shape index (κ1) is 21.3. The Bertz CT molecular complexity index is 414. The van der Waals surface area contributed by atoms with E-state index in [1.807, 2.05) is 6.08 Å². The molecule has 1 saturated heterocycles. The van der Waals surface area contributed by atoms with E-state index in [1.165, 1.54) is 0 Å². The van der Waals surface area contributed by atoms with E-state index in [4.69, 9.17) is 9.47 Å². The fourth-order valence-corrected chi connectivity index (χ4v) is 3.84. The Morgan fingerprint density at radius 3 is 2.19 bits per heavy atom. The Morgan fingerprint density at radius 1 is 1.00 bits per heavy atom. The number of carbonyl (C=O) groups is 1. The highest BCUT2D eigenvalue weighted by Gasteiger charge is 2.26. The number of ether oxygens (including phenoxy) is 3. The van der Waals surface area contributed by atoms with Crippen LogP contribution in [0.5, 0.6) is 0 Å². The highest BCUT2D eigenvalue weighted by Crippen LogP contribution is 2.34. The van der Waals surface area contributed by atoms with Crippen molar-refractivity contribution in [1.82, 2.24) is 0 Å². The van der Waals surface area contributed by atoms with Crippen LogP contribution in [-0.2, 0) is 19.0 Å². The Labute approximate surface area is 155 Å². The second-order valence-electron chi connectivity index (χ2n) is 7.55. The van der Waals surface area contributed by atoms with Crippen LogP contribution < -0.4 is 0 Å². The lowest BCUT2D eigenvalue weighted by molar-refractivity contribution is -0.205. The standard InChI is InChI=1S/C20H32F2O4/c1-2-3-4-17-13-25-18(26-14-17)10-9-15-5-7-16(8-6-15)11-12-24-20(23)19(21)22/h2,15-19H,1,3-14H2. The average Bonchev–Trinajstić information content (AvgIpc) is 2.66. The van der Waals surface area contributed by atoms with Crippen LogP contribution in [-0.4, -0.2) is 38.5 Å². The SMILES string of the molecule is C=CCCC1COC(CCC2CCC(CCOC(=O)C(F)F)CC2)OC1. The summed E-state index contributed by atoms with van der Waals surface area (Å²) in [6.45, 7) is 5.41. The van der Waals surface area contributed by atoms with E-state index in [2.05, 4.69) is 11.3 Å². The highest BCUT2D eigenvalue weighted by molar-refractivity contribution is 5.72. The molecule has 0 bridgehead atoms. The van der Waals surface area contributed by atoms with Gasteiger partial charge in [-0.15, -0.1) is 6.58 Å². The Kier molecular flexibility index (Phi) is 9.54. The van der Waals surface area contributed by atoms with Crippen molar-refractivity contribution in [3.05, 3.63) is 12.7 Å². The molecule has 0 spiro atoms. The number of esters is 1. The van der Waals surface area contributed by atoms with E-state index >= 15 is 0 Å². The van der Waals surface area contributed by atoms with Crippen LogP contribution in [0.4, 0.5) is 8.78 Å². The zero-order valence-corrected chi connectivity index (χ0v) is 15.5. The number of alkyl halides is 2. The van der Waals surface area contributed by atoms with E-state index < -0.39 is 12.4 Å².